The highest BCUT2D eigenvalue weighted by atomic mass is 32.2. The van der Waals surface area contributed by atoms with Crippen molar-refractivity contribution in [2.45, 2.75) is 77.0 Å². The molecule has 0 N–H and O–H groups in total. The van der Waals surface area contributed by atoms with Crippen molar-refractivity contribution in [1.82, 2.24) is 0 Å². The predicted octanol–water partition coefficient (Wildman–Crippen LogP) is 9.84. The average molecular weight is 519 g/mol. The summed E-state index contributed by atoms with van der Waals surface area (Å²) in [5.74, 6) is 2.39. The van der Waals surface area contributed by atoms with Crippen LogP contribution < -0.4 is 9.47 Å². The topological polar surface area (TPSA) is 35.5 Å². The van der Waals surface area contributed by atoms with Gasteiger partial charge in [-0.15, -0.1) is 0 Å². The summed E-state index contributed by atoms with van der Waals surface area (Å²) < 4.78 is 11.8. The van der Waals surface area contributed by atoms with Crippen LogP contribution in [0.4, 0.5) is 0 Å². The number of hydrogen-bond donors (Lipinski definition) is 0. The van der Waals surface area contributed by atoms with Crippen molar-refractivity contribution in [3.05, 3.63) is 78.4 Å². The Morgan fingerprint density at radius 1 is 0.757 bits per heavy atom. The fourth-order valence-corrected chi connectivity index (χ4v) is 4.84. The Hall–Kier alpha value is -2.72. The maximum Gasteiger partial charge on any atom is 0.224 e. The van der Waals surface area contributed by atoms with E-state index in [1.54, 1.807) is 0 Å². The van der Waals surface area contributed by atoms with Crippen molar-refractivity contribution in [2.24, 2.45) is 5.92 Å². The van der Waals surface area contributed by atoms with E-state index in [0.717, 1.165) is 53.6 Å². The summed E-state index contributed by atoms with van der Waals surface area (Å²) in [4.78, 5) is 14.1. The molecule has 1 unspecified atom stereocenters. The molecule has 198 valence electrons. The van der Waals surface area contributed by atoms with Gasteiger partial charge < -0.3 is 9.47 Å². The Kier molecular flexibility index (Phi) is 12.6. The van der Waals surface area contributed by atoms with E-state index in [2.05, 4.69) is 20.8 Å². The van der Waals surface area contributed by atoms with Crippen LogP contribution in [0.15, 0.2) is 77.7 Å². The molecule has 37 heavy (non-hydrogen) atoms. The van der Waals surface area contributed by atoms with Gasteiger partial charge in [-0.25, -0.2) is 0 Å². The number of hydrogen-bond acceptors (Lipinski definition) is 4. The van der Waals surface area contributed by atoms with Crippen molar-refractivity contribution < 1.29 is 14.3 Å². The molecule has 3 aromatic carbocycles. The molecule has 0 spiro atoms. The van der Waals surface area contributed by atoms with Crippen molar-refractivity contribution in [1.29, 1.82) is 0 Å². The first kappa shape index (κ1) is 28.8. The lowest BCUT2D eigenvalue weighted by Gasteiger charge is -2.11. The molecule has 0 saturated carbocycles. The quantitative estimate of drug-likeness (QED) is 0.140. The maximum absolute atomic E-state index is 13.2. The molecule has 0 heterocycles. The molecule has 0 aliphatic heterocycles. The minimum absolute atomic E-state index is 0.0319. The molecule has 0 bridgehead atoms. The Morgan fingerprint density at radius 3 is 2.08 bits per heavy atom. The summed E-state index contributed by atoms with van der Waals surface area (Å²) >= 11 is 1.25. The van der Waals surface area contributed by atoms with E-state index >= 15 is 0 Å². The smallest absolute Gasteiger partial charge is 0.224 e. The van der Waals surface area contributed by atoms with Crippen molar-refractivity contribution in [2.75, 3.05) is 13.2 Å². The molecule has 1 atom stereocenters. The van der Waals surface area contributed by atoms with Crippen LogP contribution in [0.5, 0.6) is 11.5 Å². The van der Waals surface area contributed by atoms with Crippen LogP contribution in [0.1, 0.15) is 82.5 Å². The Balaban J connectivity index is 1.54. The van der Waals surface area contributed by atoms with Crippen LogP contribution in [0.2, 0.25) is 0 Å². The lowest BCUT2D eigenvalue weighted by Crippen LogP contribution is -2.03. The van der Waals surface area contributed by atoms with Crippen molar-refractivity contribution in [3.8, 4) is 22.6 Å². The van der Waals surface area contributed by atoms with E-state index in [9.17, 15) is 4.79 Å². The largest absolute Gasteiger partial charge is 0.494 e. The standard InChI is InChI=1S/C33H42O3S/c1-4-6-7-8-9-12-24-35-28-17-15-27(16-18-28)31-13-10-11-14-32(31)33(34)37-30-21-19-29(20-22-30)36-25-23-26(3)5-2/h10-11,13-22,26H,4-9,12,23-25H2,1-3H3. The molecular formula is C33H42O3S. The second-order valence-corrected chi connectivity index (χ2v) is 10.7. The van der Waals surface area contributed by atoms with Gasteiger partial charge in [0.2, 0.25) is 5.12 Å². The first-order valence-electron chi connectivity index (χ1n) is 13.9. The normalized spacial score (nSPS) is 11.8. The zero-order valence-corrected chi connectivity index (χ0v) is 23.5. The van der Waals surface area contributed by atoms with Crippen molar-refractivity contribution >= 4 is 16.9 Å². The molecule has 3 nitrogen and oxygen atoms in total. The zero-order chi connectivity index (χ0) is 26.3. The number of carbonyl (C=O) groups is 1. The predicted molar refractivity (Wildman–Crippen MR) is 157 cm³/mol. The first-order valence-corrected chi connectivity index (χ1v) is 14.7. The van der Waals surface area contributed by atoms with E-state index in [-0.39, 0.29) is 5.12 Å². The molecule has 0 aliphatic carbocycles. The first-order chi connectivity index (χ1) is 18.1. The van der Waals surface area contributed by atoms with Crippen LogP contribution >= 0.6 is 11.8 Å². The molecule has 0 fully saturated rings. The van der Waals surface area contributed by atoms with Gasteiger partial charge in [-0.05, 0) is 84.1 Å². The van der Waals surface area contributed by atoms with Gasteiger partial charge in [-0.2, -0.15) is 0 Å². The Morgan fingerprint density at radius 2 is 1.38 bits per heavy atom. The van der Waals surface area contributed by atoms with Gasteiger partial charge in [0.25, 0.3) is 0 Å². The third-order valence-corrected chi connectivity index (χ3v) is 7.60. The molecule has 4 heteroatoms. The minimum Gasteiger partial charge on any atom is -0.494 e. The third kappa shape index (κ3) is 9.92. The molecular weight excluding hydrogens is 476 g/mol. The number of benzene rings is 3. The summed E-state index contributed by atoms with van der Waals surface area (Å²) in [5.41, 5.74) is 2.66. The number of rotatable bonds is 16. The van der Waals surface area contributed by atoms with Crippen LogP contribution in [-0.4, -0.2) is 18.3 Å². The highest BCUT2D eigenvalue weighted by Gasteiger charge is 2.14. The SMILES string of the molecule is CCCCCCCCOc1ccc(-c2ccccc2C(=O)Sc2ccc(OCCC(C)CC)cc2)cc1. The molecule has 0 aromatic heterocycles. The second kappa shape index (κ2) is 16.2. The summed E-state index contributed by atoms with van der Waals surface area (Å²) in [7, 11) is 0. The second-order valence-electron chi connectivity index (χ2n) is 9.70. The zero-order valence-electron chi connectivity index (χ0n) is 22.7. The summed E-state index contributed by atoms with van der Waals surface area (Å²) in [5, 5.41) is 0.0319. The van der Waals surface area contributed by atoms with E-state index in [0.29, 0.717) is 11.5 Å². The Labute approximate surface area is 228 Å². The molecule has 0 amide bonds. The lowest BCUT2D eigenvalue weighted by molar-refractivity contribution is 0.108. The van der Waals surface area contributed by atoms with Crippen LogP contribution in [0.3, 0.4) is 0 Å². The van der Waals surface area contributed by atoms with E-state index < -0.39 is 0 Å². The Bertz CT molecular complexity index is 1060. The molecule has 0 saturated heterocycles. The van der Waals surface area contributed by atoms with E-state index in [1.165, 1.54) is 50.3 Å². The van der Waals surface area contributed by atoms with Crippen LogP contribution in [-0.2, 0) is 0 Å². The lowest BCUT2D eigenvalue weighted by atomic mass is 10.0. The number of carbonyl (C=O) groups excluding carboxylic acids is 1. The van der Waals surface area contributed by atoms with E-state index in [1.807, 2.05) is 72.8 Å². The third-order valence-electron chi connectivity index (χ3n) is 6.69. The van der Waals surface area contributed by atoms with Gasteiger partial charge in [0.1, 0.15) is 11.5 Å². The van der Waals surface area contributed by atoms with E-state index in [4.69, 9.17) is 9.47 Å². The minimum atomic E-state index is 0.0319. The van der Waals surface area contributed by atoms with Crippen LogP contribution in [0.25, 0.3) is 11.1 Å². The molecule has 0 aliphatic rings. The molecule has 3 rings (SSSR count). The van der Waals surface area contributed by atoms with Gasteiger partial charge in [0.05, 0.1) is 13.2 Å². The summed E-state index contributed by atoms with van der Waals surface area (Å²) in [6, 6.07) is 23.7. The molecule has 3 aromatic rings. The highest BCUT2D eigenvalue weighted by Crippen LogP contribution is 2.31. The van der Waals surface area contributed by atoms with Crippen LogP contribution in [0, 0.1) is 5.92 Å². The van der Waals surface area contributed by atoms with Gasteiger partial charge >= 0.3 is 0 Å². The van der Waals surface area contributed by atoms with Crippen molar-refractivity contribution in [3.63, 3.8) is 0 Å². The highest BCUT2D eigenvalue weighted by molar-refractivity contribution is 8.14. The van der Waals surface area contributed by atoms with Gasteiger partial charge in [-0.1, -0.05) is 89.6 Å². The molecule has 0 radical (unpaired) electrons. The van der Waals surface area contributed by atoms with Gasteiger partial charge in [0.15, 0.2) is 0 Å². The fraction of sp³-hybridized carbons (Fsp3) is 0.424. The summed E-state index contributed by atoms with van der Waals surface area (Å²) in [6.07, 6.45) is 9.73. The van der Waals surface area contributed by atoms with Gasteiger partial charge in [0, 0.05) is 10.5 Å². The number of ether oxygens (including phenoxy) is 2. The average Bonchev–Trinajstić information content (AvgIpc) is 2.93. The number of thioether (sulfide) groups is 1. The van der Waals surface area contributed by atoms with Gasteiger partial charge in [-0.3, -0.25) is 4.79 Å². The monoisotopic (exact) mass is 518 g/mol. The fourth-order valence-electron chi connectivity index (χ4n) is 4.06. The summed E-state index contributed by atoms with van der Waals surface area (Å²) in [6.45, 7) is 8.15. The number of unbranched alkanes of at least 4 members (excludes halogenated alkanes) is 5. The maximum atomic E-state index is 13.2.